The van der Waals surface area contributed by atoms with E-state index in [1.807, 2.05) is 0 Å². The molecule has 154 valence electrons. The Kier molecular flexibility index (Phi) is 4.38. The van der Waals surface area contributed by atoms with Crippen molar-refractivity contribution >= 4 is 15.9 Å². The zero-order valence-corrected chi connectivity index (χ0v) is 15.5. The second-order valence-electron chi connectivity index (χ2n) is 7.81. The zero-order chi connectivity index (χ0) is 20.3. The van der Waals surface area contributed by atoms with Gasteiger partial charge in [0.25, 0.3) is 0 Å². The summed E-state index contributed by atoms with van der Waals surface area (Å²) in [5.41, 5.74) is -1.30. The normalized spacial score (nSPS) is 23.1. The maximum Gasteiger partial charge on any atom is 0.416 e. The minimum atomic E-state index is -4.60. The highest BCUT2D eigenvalue weighted by molar-refractivity contribution is 7.92. The smallest absolute Gasteiger partial charge is 0.370 e. The maximum absolute atomic E-state index is 13.8. The van der Waals surface area contributed by atoms with Crippen LogP contribution < -0.4 is 0 Å². The van der Waals surface area contributed by atoms with Crippen LogP contribution in [0.2, 0.25) is 0 Å². The van der Waals surface area contributed by atoms with Crippen molar-refractivity contribution in [1.82, 2.24) is 9.80 Å². The Morgan fingerprint density at radius 1 is 1.18 bits per heavy atom. The molecule has 0 bridgehead atoms. The maximum atomic E-state index is 13.8. The lowest BCUT2D eigenvalue weighted by molar-refractivity contribution is -0.137. The summed E-state index contributed by atoms with van der Waals surface area (Å²) in [6.45, 7) is 1.31. The Labute approximate surface area is 159 Å². The number of hydrogen-bond donors (Lipinski definition) is 0. The third-order valence-electron chi connectivity index (χ3n) is 5.35. The molecule has 2 amide bonds. The molecular formula is C17H18F4N2O4S. The van der Waals surface area contributed by atoms with Crippen LogP contribution in [-0.2, 0) is 27.4 Å². The molecule has 3 aliphatic rings. The van der Waals surface area contributed by atoms with Crippen LogP contribution in [0.15, 0.2) is 18.2 Å². The zero-order valence-electron chi connectivity index (χ0n) is 14.7. The highest BCUT2D eigenvalue weighted by atomic mass is 32.2. The van der Waals surface area contributed by atoms with Gasteiger partial charge in [0.1, 0.15) is 5.82 Å². The number of rotatable bonds is 3. The Morgan fingerprint density at radius 3 is 2.36 bits per heavy atom. The van der Waals surface area contributed by atoms with Crippen molar-refractivity contribution in [3.8, 4) is 0 Å². The second-order valence-corrected chi connectivity index (χ2v) is 9.88. The van der Waals surface area contributed by atoms with E-state index in [1.165, 1.54) is 0 Å². The summed E-state index contributed by atoms with van der Waals surface area (Å²) in [5, 5.41) is 0. The Bertz CT molecular complexity index is 892. The largest absolute Gasteiger partial charge is 0.416 e. The fourth-order valence-corrected chi connectivity index (χ4v) is 6.07. The summed E-state index contributed by atoms with van der Waals surface area (Å²) < 4.78 is 79.4. The quantitative estimate of drug-likeness (QED) is 0.698. The predicted octanol–water partition coefficient (Wildman–Crippen LogP) is 1.90. The molecule has 0 saturated carbocycles. The minimum Gasteiger partial charge on any atom is -0.370 e. The summed E-state index contributed by atoms with van der Waals surface area (Å²) in [5.74, 6) is -0.717. The molecule has 0 aromatic heterocycles. The fourth-order valence-electron chi connectivity index (χ4n) is 3.92. The minimum absolute atomic E-state index is 0.0219. The van der Waals surface area contributed by atoms with Gasteiger partial charge in [-0.05, 0) is 12.1 Å². The number of alkyl halides is 3. The average molecular weight is 422 g/mol. The van der Waals surface area contributed by atoms with E-state index in [0.29, 0.717) is 32.2 Å². The number of likely N-dealkylation sites (tertiary alicyclic amines) is 2. The van der Waals surface area contributed by atoms with Gasteiger partial charge in [0.2, 0.25) is 0 Å². The van der Waals surface area contributed by atoms with E-state index in [9.17, 15) is 30.8 Å². The number of amides is 2. The first-order valence-corrected chi connectivity index (χ1v) is 10.5. The first-order chi connectivity index (χ1) is 13.0. The number of nitrogens with zero attached hydrogens (tertiary/aromatic N) is 2. The molecule has 0 atom stereocenters. The van der Waals surface area contributed by atoms with Gasteiger partial charge >= 0.3 is 12.2 Å². The third-order valence-corrected chi connectivity index (χ3v) is 7.45. The van der Waals surface area contributed by atoms with Gasteiger partial charge in [-0.15, -0.1) is 0 Å². The van der Waals surface area contributed by atoms with Crippen molar-refractivity contribution in [2.45, 2.75) is 18.9 Å². The Hall–Kier alpha value is -1.88. The highest BCUT2D eigenvalue weighted by Gasteiger charge is 2.58. The van der Waals surface area contributed by atoms with Crippen molar-refractivity contribution in [1.29, 1.82) is 0 Å². The molecule has 28 heavy (non-hydrogen) atoms. The summed E-state index contributed by atoms with van der Waals surface area (Å²) in [6.07, 6.45) is -4.92. The van der Waals surface area contributed by atoms with Crippen LogP contribution >= 0.6 is 0 Å². The molecule has 3 heterocycles. The molecule has 3 saturated heterocycles. The van der Waals surface area contributed by atoms with Crippen molar-refractivity contribution in [3.63, 3.8) is 0 Å². The van der Waals surface area contributed by atoms with Crippen molar-refractivity contribution in [3.05, 3.63) is 35.1 Å². The summed E-state index contributed by atoms with van der Waals surface area (Å²) in [4.78, 5) is 15.4. The molecular weight excluding hydrogens is 404 g/mol. The van der Waals surface area contributed by atoms with Gasteiger partial charge < -0.3 is 14.5 Å². The second kappa shape index (κ2) is 6.31. The molecule has 1 aromatic carbocycles. The van der Waals surface area contributed by atoms with Gasteiger partial charge in [0.05, 0.1) is 42.9 Å². The number of halogens is 4. The first kappa shape index (κ1) is 19.4. The fraction of sp³-hybridized carbons (Fsp3) is 0.588. The Morgan fingerprint density at radius 2 is 1.82 bits per heavy atom. The number of carbonyl (C=O) groups excluding carboxylic acids is 1. The van der Waals surface area contributed by atoms with Crippen LogP contribution in [0.1, 0.15) is 11.1 Å². The van der Waals surface area contributed by atoms with Crippen LogP contribution in [0, 0.1) is 11.2 Å². The van der Waals surface area contributed by atoms with Crippen LogP contribution in [-0.4, -0.2) is 68.0 Å². The van der Waals surface area contributed by atoms with Gasteiger partial charge in [0, 0.05) is 24.1 Å². The summed E-state index contributed by atoms with van der Waals surface area (Å²) in [7, 11) is -2.93. The molecule has 1 aromatic rings. The molecule has 0 N–H and O–H groups in total. The predicted molar refractivity (Wildman–Crippen MR) is 89.6 cm³/mol. The average Bonchev–Trinajstić information content (AvgIpc) is 2.48. The number of benzene rings is 1. The number of urea groups is 1. The lowest BCUT2D eigenvalue weighted by Gasteiger charge is -2.56. The molecule has 0 radical (unpaired) electrons. The topological polar surface area (TPSA) is 66.9 Å². The SMILES string of the molecule is O=C(N1CC(OCc2ccc(C(F)(F)F)cc2F)C1)N1CC2(C1)CS(=O)(=O)C2. The molecule has 3 aliphatic heterocycles. The number of sulfone groups is 1. The highest BCUT2D eigenvalue weighted by Crippen LogP contribution is 2.42. The van der Waals surface area contributed by atoms with Gasteiger partial charge in [0.15, 0.2) is 9.84 Å². The molecule has 6 nitrogen and oxygen atoms in total. The van der Waals surface area contributed by atoms with E-state index in [0.717, 1.165) is 12.1 Å². The van der Waals surface area contributed by atoms with Crippen LogP contribution in [0.4, 0.5) is 22.4 Å². The molecule has 0 unspecified atom stereocenters. The Balaban J connectivity index is 1.21. The van der Waals surface area contributed by atoms with Crippen LogP contribution in [0.3, 0.4) is 0 Å². The van der Waals surface area contributed by atoms with Crippen molar-refractivity contribution in [2.24, 2.45) is 5.41 Å². The van der Waals surface area contributed by atoms with Gasteiger partial charge in [-0.3, -0.25) is 0 Å². The van der Waals surface area contributed by atoms with Gasteiger partial charge in [-0.25, -0.2) is 17.6 Å². The molecule has 11 heteroatoms. The lowest BCUT2D eigenvalue weighted by atomic mass is 9.83. The number of hydrogen-bond acceptors (Lipinski definition) is 4. The summed E-state index contributed by atoms with van der Waals surface area (Å²) >= 11 is 0. The van der Waals surface area contributed by atoms with E-state index in [4.69, 9.17) is 4.74 Å². The van der Waals surface area contributed by atoms with Gasteiger partial charge in [-0.1, -0.05) is 6.07 Å². The van der Waals surface area contributed by atoms with E-state index in [2.05, 4.69) is 0 Å². The van der Waals surface area contributed by atoms with E-state index in [1.54, 1.807) is 9.80 Å². The molecule has 1 spiro atoms. The lowest BCUT2D eigenvalue weighted by Crippen LogP contribution is -2.72. The molecule has 0 aliphatic carbocycles. The molecule has 3 fully saturated rings. The van der Waals surface area contributed by atoms with Crippen molar-refractivity contribution < 1.29 is 35.5 Å². The molecule has 4 rings (SSSR count). The van der Waals surface area contributed by atoms with Crippen LogP contribution in [0.25, 0.3) is 0 Å². The number of ether oxygens (including phenoxy) is 1. The summed E-state index contributed by atoms with van der Waals surface area (Å²) in [6, 6.07) is 2.11. The van der Waals surface area contributed by atoms with E-state index in [-0.39, 0.29) is 41.2 Å². The standard InChI is InChI=1S/C17H18F4N2O4S/c18-14-3-12(17(19,20)21)2-1-11(14)6-27-13-4-22(5-13)15(24)23-7-16(8-23)9-28(25,26)10-16/h1-3,13H,4-10H2. The van der Waals surface area contributed by atoms with Crippen LogP contribution in [0.5, 0.6) is 0 Å². The first-order valence-electron chi connectivity index (χ1n) is 8.68. The monoisotopic (exact) mass is 422 g/mol. The van der Waals surface area contributed by atoms with E-state index >= 15 is 0 Å². The number of carbonyl (C=O) groups is 1. The van der Waals surface area contributed by atoms with Gasteiger partial charge in [-0.2, -0.15) is 13.2 Å². The third kappa shape index (κ3) is 3.57. The van der Waals surface area contributed by atoms with E-state index < -0.39 is 27.4 Å². The van der Waals surface area contributed by atoms with Crippen molar-refractivity contribution in [2.75, 3.05) is 37.7 Å².